The highest BCUT2D eigenvalue weighted by molar-refractivity contribution is 5.84. The van der Waals surface area contributed by atoms with Gasteiger partial charge in [0.25, 0.3) is 0 Å². The molecule has 146 valence electrons. The van der Waals surface area contributed by atoms with Gasteiger partial charge in [-0.3, -0.25) is 0 Å². The lowest BCUT2D eigenvalue weighted by atomic mass is 9.94. The second kappa shape index (κ2) is 8.34. The minimum absolute atomic E-state index is 0.559. The number of allylic oxidation sites excluding steroid dienone is 1. The van der Waals surface area contributed by atoms with Gasteiger partial charge in [-0.2, -0.15) is 0 Å². The van der Waals surface area contributed by atoms with E-state index in [0.29, 0.717) is 6.04 Å². The summed E-state index contributed by atoms with van der Waals surface area (Å²) in [5.41, 5.74) is 7.30. The Morgan fingerprint density at radius 2 is 1.82 bits per heavy atom. The number of unbranched alkanes of at least 4 members (excludes halogenated alkanes) is 1. The van der Waals surface area contributed by atoms with Crippen LogP contribution < -0.4 is 0 Å². The van der Waals surface area contributed by atoms with Crippen molar-refractivity contribution in [2.45, 2.75) is 71.3 Å². The third-order valence-electron chi connectivity index (χ3n) is 6.15. The van der Waals surface area contributed by atoms with Gasteiger partial charge in [0, 0.05) is 11.6 Å². The molecule has 0 saturated heterocycles. The third-order valence-corrected chi connectivity index (χ3v) is 6.15. The van der Waals surface area contributed by atoms with Gasteiger partial charge >= 0.3 is 0 Å². The van der Waals surface area contributed by atoms with E-state index < -0.39 is 0 Å². The molecule has 2 nitrogen and oxygen atoms in total. The van der Waals surface area contributed by atoms with Crippen molar-refractivity contribution in [1.29, 1.82) is 0 Å². The maximum Gasteiger partial charge on any atom is 0.141 e. The molecule has 1 aromatic heterocycles. The number of hydrogen-bond acceptors (Lipinski definition) is 1. The van der Waals surface area contributed by atoms with Crippen LogP contribution in [0.4, 0.5) is 0 Å². The van der Waals surface area contributed by atoms with Gasteiger partial charge in [0.05, 0.1) is 11.0 Å². The van der Waals surface area contributed by atoms with Crippen molar-refractivity contribution in [3.05, 3.63) is 60.2 Å². The molecule has 0 N–H and O–H groups in total. The van der Waals surface area contributed by atoms with Crippen LogP contribution in [0.3, 0.4) is 0 Å². The molecule has 4 rings (SSSR count). The van der Waals surface area contributed by atoms with E-state index in [1.54, 1.807) is 0 Å². The van der Waals surface area contributed by atoms with E-state index >= 15 is 0 Å². The summed E-state index contributed by atoms with van der Waals surface area (Å²) >= 11 is 0. The summed E-state index contributed by atoms with van der Waals surface area (Å²) in [6.07, 6.45) is 10.2. The van der Waals surface area contributed by atoms with Crippen LogP contribution in [-0.4, -0.2) is 9.55 Å². The lowest BCUT2D eigenvalue weighted by Gasteiger charge is -2.25. The van der Waals surface area contributed by atoms with E-state index in [1.807, 2.05) is 0 Å². The Bertz CT molecular complexity index is 956. The Kier molecular flexibility index (Phi) is 5.66. The van der Waals surface area contributed by atoms with E-state index in [9.17, 15) is 0 Å². The van der Waals surface area contributed by atoms with Gasteiger partial charge in [-0.25, -0.2) is 4.98 Å². The molecule has 0 amide bonds. The molecule has 0 bridgehead atoms. The molecule has 1 aliphatic carbocycles. The van der Waals surface area contributed by atoms with E-state index in [1.165, 1.54) is 67.2 Å². The van der Waals surface area contributed by atoms with Crippen LogP contribution in [0.15, 0.2) is 49.0 Å². The lowest BCUT2D eigenvalue weighted by molar-refractivity contribution is 0.362. The summed E-state index contributed by atoms with van der Waals surface area (Å²) in [6, 6.07) is 16.3. The van der Waals surface area contributed by atoms with E-state index in [-0.39, 0.29) is 0 Å². The smallest absolute Gasteiger partial charge is 0.141 e. The van der Waals surface area contributed by atoms with Gasteiger partial charge in [0.15, 0.2) is 0 Å². The molecule has 2 heteroatoms. The summed E-state index contributed by atoms with van der Waals surface area (Å²) in [7, 11) is 0. The fourth-order valence-electron chi connectivity index (χ4n) is 4.48. The molecule has 0 spiro atoms. The molecule has 1 heterocycles. The number of rotatable bonds is 6. The Labute approximate surface area is 169 Å². The van der Waals surface area contributed by atoms with Gasteiger partial charge in [0.1, 0.15) is 5.82 Å². The quantitative estimate of drug-likeness (QED) is 0.436. The second-order valence-electron chi connectivity index (χ2n) is 8.38. The zero-order chi connectivity index (χ0) is 19.5. The highest BCUT2D eigenvalue weighted by atomic mass is 15.1. The first-order valence-corrected chi connectivity index (χ1v) is 10.9. The maximum absolute atomic E-state index is 5.11. The largest absolute Gasteiger partial charge is 0.321 e. The molecular formula is C26H32N2. The molecule has 1 fully saturated rings. The normalized spacial score (nSPS) is 15.2. The maximum atomic E-state index is 5.11. The zero-order valence-corrected chi connectivity index (χ0v) is 17.4. The summed E-state index contributed by atoms with van der Waals surface area (Å²) in [6.45, 7) is 8.42. The number of fused-ring (bicyclic) bond motifs is 1. The second-order valence-corrected chi connectivity index (χ2v) is 8.38. The minimum atomic E-state index is 0.559. The van der Waals surface area contributed by atoms with Crippen LogP contribution in [0, 0.1) is 0 Å². The Morgan fingerprint density at radius 1 is 1.07 bits per heavy atom. The fraction of sp³-hybridized carbons (Fsp3) is 0.423. The van der Waals surface area contributed by atoms with E-state index in [2.05, 4.69) is 67.5 Å². The molecule has 2 aromatic carbocycles. The average Bonchev–Trinajstić information content (AvgIpc) is 3.12. The first-order valence-electron chi connectivity index (χ1n) is 10.9. The highest BCUT2D eigenvalue weighted by Gasteiger charge is 2.22. The summed E-state index contributed by atoms with van der Waals surface area (Å²) in [5, 5.41) is 0. The number of aryl methyl sites for hydroxylation is 1. The Morgan fingerprint density at radius 3 is 2.50 bits per heavy atom. The summed E-state index contributed by atoms with van der Waals surface area (Å²) in [5.74, 6) is 1.13. The van der Waals surface area contributed by atoms with Crippen molar-refractivity contribution in [3.63, 3.8) is 0 Å². The molecule has 0 radical (unpaired) electrons. The molecular weight excluding hydrogens is 340 g/mol. The molecule has 3 aromatic rings. The highest BCUT2D eigenvalue weighted by Crippen LogP contribution is 2.36. The number of imidazole rings is 1. The van der Waals surface area contributed by atoms with Crippen molar-refractivity contribution in [1.82, 2.24) is 9.55 Å². The number of nitrogens with zero attached hydrogens (tertiary/aromatic N) is 2. The SMILES string of the molecule is C=C(C)c1ccc2c(c1)nc(-c1ccc(CCCC)cc1)n2C1CCCCC1. The number of aromatic nitrogens is 2. The van der Waals surface area contributed by atoms with Gasteiger partial charge in [-0.05, 0) is 55.9 Å². The van der Waals surface area contributed by atoms with Crippen molar-refractivity contribution in [2.24, 2.45) is 0 Å². The van der Waals surface area contributed by atoms with E-state index in [0.717, 1.165) is 23.3 Å². The van der Waals surface area contributed by atoms with Crippen molar-refractivity contribution < 1.29 is 0 Å². The molecule has 1 aliphatic rings. The van der Waals surface area contributed by atoms with Crippen LogP contribution >= 0.6 is 0 Å². The molecule has 1 saturated carbocycles. The van der Waals surface area contributed by atoms with Crippen molar-refractivity contribution in [2.75, 3.05) is 0 Å². The average molecular weight is 373 g/mol. The predicted octanol–water partition coefficient (Wildman–Crippen LogP) is 7.58. The number of benzene rings is 2. The molecule has 0 unspecified atom stereocenters. The first kappa shape index (κ1) is 19.0. The monoisotopic (exact) mass is 372 g/mol. The summed E-state index contributed by atoms with van der Waals surface area (Å²) < 4.78 is 2.53. The fourth-order valence-corrected chi connectivity index (χ4v) is 4.48. The predicted molar refractivity (Wildman–Crippen MR) is 121 cm³/mol. The van der Waals surface area contributed by atoms with Gasteiger partial charge in [-0.15, -0.1) is 0 Å². The van der Waals surface area contributed by atoms with E-state index in [4.69, 9.17) is 4.98 Å². The number of hydrogen-bond donors (Lipinski definition) is 0. The first-order chi connectivity index (χ1) is 13.7. The molecule has 0 atom stereocenters. The van der Waals surface area contributed by atoms with Crippen LogP contribution in [0.5, 0.6) is 0 Å². The van der Waals surface area contributed by atoms with Gasteiger partial charge in [0.2, 0.25) is 0 Å². The third kappa shape index (κ3) is 3.78. The van der Waals surface area contributed by atoms with Crippen LogP contribution in [0.2, 0.25) is 0 Å². The zero-order valence-electron chi connectivity index (χ0n) is 17.4. The molecule has 0 aliphatic heterocycles. The van der Waals surface area contributed by atoms with Crippen LogP contribution in [0.25, 0.3) is 28.0 Å². The lowest BCUT2D eigenvalue weighted by Crippen LogP contribution is -2.14. The Balaban J connectivity index is 1.79. The van der Waals surface area contributed by atoms with Crippen molar-refractivity contribution >= 4 is 16.6 Å². The van der Waals surface area contributed by atoms with Gasteiger partial charge < -0.3 is 4.57 Å². The van der Waals surface area contributed by atoms with Crippen LogP contribution in [0.1, 0.15) is 76.0 Å². The standard InChI is InChI=1S/C26H32N2/c1-4-5-9-20-12-14-21(15-13-20)26-27-24-18-22(19(2)3)16-17-25(24)28(26)23-10-7-6-8-11-23/h12-18,23H,2,4-11H2,1,3H3. The Hall–Kier alpha value is -2.35. The summed E-state index contributed by atoms with van der Waals surface area (Å²) in [4.78, 5) is 5.11. The van der Waals surface area contributed by atoms with Crippen molar-refractivity contribution in [3.8, 4) is 11.4 Å². The molecule has 28 heavy (non-hydrogen) atoms. The topological polar surface area (TPSA) is 17.8 Å². The van der Waals surface area contributed by atoms with Crippen LogP contribution in [-0.2, 0) is 6.42 Å². The minimum Gasteiger partial charge on any atom is -0.321 e. The van der Waals surface area contributed by atoms with Gasteiger partial charge in [-0.1, -0.05) is 75.1 Å².